The first-order chi connectivity index (χ1) is 14.7. The van der Waals surface area contributed by atoms with E-state index in [9.17, 15) is 8.42 Å². The van der Waals surface area contributed by atoms with E-state index in [0.717, 1.165) is 48.5 Å². The second-order valence-corrected chi connectivity index (χ2v) is 15.0. The maximum absolute atomic E-state index is 10.8. The van der Waals surface area contributed by atoms with Crippen LogP contribution < -0.4 is 5.32 Å². The summed E-state index contributed by atoms with van der Waals surface area (Å²) >= 11 is 0. The molecule has 9 atom stereocenters. The summed E-state index contributed by atoms with van der Waals surface area (Å²) in [7, 11) is -2.62. The van der Waals surface area contributed by atoms with Crippen molar-refractivity contribution in [3.63, 3.8) is 0 Å². The molecule has 0 aromatic heterocycles. The fraction of sp³-hybridized carbons (Fsp3) is 1.00. The van der Waals surface area contributed by atoms with Crippen LogP contribution in [0.4, 0.5) is 0 Å². The van der Waals surface area contributed by atoms with Gasteiger partial charge in [-0.2, -0.15) is 8.42 Å². The molecule has 6 heteroatoms. The molecule has 2 N–H and O–H groups in total. The average Bonchev–Trinajstić information content (AvgIpc) is 3.06. The topological polar surface area (TPSA) is 66.4 Å². The van der Waals surface area contributed by atoms with E-state index in [4.69, 9.17) is 4.55 Å². The number of hydrogen-bond acceptors (Lipinski definition) is 3. The van der Waals surface area contributed by atoms with Crippen LogP contribution >= 0.6 is 8.58 Å². The third-order valence-corrected chi connectivity index (χ3v) is 12.7. The minimum absolute atomic E-state index is 0.187. The van der Waals surface area contributed by atoms with Crippen molar-refractivity contribution in [1.82, 2.24) is 5.32 Å². The van der Waals surface area contributed by atoms with Crippen LogP contribution in [0.15, 0.2) is 0 Å². The molecule has 0 aromatic carbocycles. The Hall–Kier alpha value is 0.300. The summed E-state index contributed by atoms with van der Waals surface area (Å²) < 4.78 is 30.5. The summed E-state index contributed by atoms with van der Waals surface area (Å²) in [5.41, 5.74) is 1.19. The maximum atomic E-state index is 10.8. The molecule has 0 spiro atoms. The molecule has 1 heterocycles. The normalized spacial score (nSPS) is 44.5. The summed E-state index contributed by atoms with van der Waals surface area (Å²) in [5.74, 6) is 5.38. The standard InChI is InChI=1S/C25H46NO3PS/c1-18(5-4-13-26-14-16-31(27,28)29)21-8-9-22-20-7-6-19-17-30-15-12-24(19,2)23(20)10-11-25(21,22)3/h18-23,26,30H,4-17H2,1-3H3,(H,27,28,29)/t18?,19-,20?,21?,22?,23?,24?,25-/m1/s1. The van der Waals surface area contributed by atoms with Crippen LogP contribution in [0.5, 0.6) is 0 Å². The molecule has 3 aliphatic carbocycles. The lowest BCUT2D eigenvalue weighted by atomic mass is 9.46. The highest BCUT2D eigenvalue weighted by Gasteiger charge is 2.60. The Balaban J connectivity index is 1.32. The lowest BCUT2D eigenvalue weighted by Crippen LogP contribution is -2.53. The maximum Gasteiger partial charge on any atom is 0.266 e. The Morgan fingerprint density at radius 1 is 1.03 bits per heavy atom. The van der Waals surface area contributed by atoms with E-state index in [1.54, 1.807) is 0 Å². The number of rotatable bonds is 8. The van der Waals surface area contributed by atoms with Crippen molar-refractivity contribution >= 4 is 18.7 Å². The highest BCUT2D eigenvalue weighted by molar-refractivity contribution is 7.85. The SMILES string of the molecule is CC(CCCNCCS(=O)(=O)O)C1CCC2C3CC[C@@H]4CPCCC4(C)C3CC[C@]12C. The van der Waals surface area contributed by atoms with Crippen LogP contribution in [0.2, 0.25) is 0 Å². The second-order valence-electron chi connectivity index (χ2n) is 12.0. The van der Waals surface area contributed by atoms with Crippen molar-refractivity contribution in [2.45, 2.75) is 78.6 Å². The Kier molecular flexibility index (Phi) is 7.49. The molecule has 4 fully saturated rings. The van der Waals surface area contributed by atoms with Gasteiger partial charge in [0.05, 0.1) is 5.75 Å². The van der Waals surface area contributed by atoms with E-state index in [-0.39, 0.29) is 5.75 Å². The lowest BCUT2D eigenvalue weighted by molar-refractivity contribution is -0.0983. The van der Waals surface area contributed by atoms with Crippen LogP contribution in [0, 0.1) is 46.3 Å². The van der Waals surface area contributed by atoms with E-state index in [0.29, 0.717) is 17.4 Å². The zero-order chi connectivity index (χ0) is 22.3. The monoisotopic (exact) mass is 471 g/mol. The first-order valence-electron chi connectivity index (χ1n) is 13.0. The molecule has 7 unspecified atom stereocenters. The first-order valence-corrected chi connectivity index (χ1v) is 16.0. The summed E-state index contributed by atoms with van der Waals surface area (Å²) in [6.07, 6.45) is 15.7. The number of nitrogens with one attached hydrogen (secondary N) is 1. The Morgan fingerprint density at radius 3 is 2.58 bits per heavy atom. The van der Waals surface area contributed by atoms with Gasteiger partial charge < -0.3 is 5.32 Å². The molecule has 0 aromatic rings. The molecule has 1 saturated heterocycles. The van der Waals surface area contributed by atoms with Crippen LogP contribution in [-0.2, 0) is 10.1 Å². The van der Waals surface area contributed by atoms with Gasteiger partial charge >= 0.3 is 0 Å². The Morgan fingerprint density at radius 2 is 1.81 bits per heavy atom. The van der Waals surface area contributed by atoms with Gasteiger partial charge in [-0.1, -0.05) is 20.8 Å². The molecule has 0 amide bonds. The molecule has 3 saturated carbocycles. The van der Waals surface area contributed by atoms with Gasteiger partial charge in [-0.15, -0.1) is 8.58 Å². The van der Waals surface area contributed by atoms with Gasteiger partial charge in [0, 0.05) is 6.54 Å². The fourth-order valence-electron chi connectivity index (χ4n) is 8.95. The van der Waals surface area contributed by atoms with Crippen LogP contribution in [0.1, 0.15) is 78.6 Å². The summed E-state index contributed by atoms with van der Waals surface area (Å²) in [6.45, 7) is 9.01. The quantitative estimate of drug-likeness (QED) is 0.281. The predicted molar refractivity (Wildman–Crippen MR) is 132 cm³/mol. The molecular weight excluding hydrogens is 425 g/mol. The zero-order valence-electron chi connectivity index (χ0n) is 20.0. The van der Waals surface area contributed by atoms with Gasteiger partial charge in [0.15, 0.2) is 0 Å². The molecule has 0 bridgehead atoms. The summed E-state index contributed by atoms with van der Waals surface area (Å²) in [6, 6.07) is 0. The molecule has 4 nitrogen and oxygen atoms in total. The third-order valence-electron chi connectivity index (χ3n) is 10.6. The van der Waals surface area contributed by atoms with Crippen molar-refractivity contribution in [2.24, 2.45) is 46.3 Å². The molecule has 180 valence electrons. The molecule has 31 heavy (non-hydrogen) atoms. The summed E-state index contributed by atoms with van der Waals surface area (Å²) in [5, 5.41) is 3.18. The average molecular weight is 472 g/mol. The molecule has 4 aliphatic rings. The third kappa shape index (κ3) is 4.91. The molecule has 1 aliphatic heterocycles. The molecule has 0 radical (unpaired) electrons. The fourth-order valence-corrected chi connectivity index (χ4v) is 11.3. The van der Waals surface area contributed by atoms with Gasteiger partial charge in [0.25, 0.3) is 10.1 Å². The van der Waals surface area contributed by atoms with Gasteiger partial charge in [0.2, 0.25) is 0 Å². The van der Waals surface area contributed by atoms with Crippen LogP contribution in [-0.4, -0.2) is 44.1 Å². The minimum atomic E-state index is -3.85. The number of fused-ring (bicyclic) bond motifs is 5. The van der Waals surface area contributed by atoms with E-state index in [2.05, 4.69) is 26.1 Å². The summed E-state index contributed by atoms with van der Waals surface area (Å²) in [4.78, 5) is 0. The first kappa shape index (κ1) is 24.4. The number of hydrogen-bond donors (Lipinski definition) is 2. The highest BCUT2D eigenvalue weighted by atomic mass is 32.2. The van der Waals surface area contributed by atoms with Crippen molar-refractivity contribution in [3.8, 4) is 0 Å². The van der Waals surface area contributed by atoms with Gasteiger partial charge in [-0.3, -0.25) is 4.55 Å². The Bertz CT molecular complexity index is 730. The van der Waals surface area contributed by atoms with Gasteiger partial charge in [-0.25, -0.2) is 0 Å². The zero-order valence-corrected chi connectivity index (χ0v) is 21.9. The van der Waals surface area contributed by atoms with Crippen LogP contribution in [0.25, 0.3) is 0 Å². The second kappa shape index (κ2) is 9.51. The van der Waals surface area contributed by atoms with Gasteiger partial charge in [0.1, 0.15) is 0 Å². The van der Waals surface area contributed by atoms with E-state index in [1.165, 1.54) is 72.3 Å². The largest absolute Gasteiger partial charge is 0.316 e. The van der Waals surface area contributed by atoms with Crippen LogP contribution in [0.3, 0.4) is 0 Å². The smallest absolute Gasteiger partial charge is 0.266 e. The molecule has 4 rings (SSSR count). The Labute approximate surface area is 193 Å². The van der Waals surface area contributed by atoms with Gasteiger partial charge in [-0.05, 0) is 123 Å². The molecular formula is C25H46NO3PS. The van der Waals surface area contributed by atoms with E-state index >= 15 is 0 Å². The predicted octanol–water partition coefficient (Wildman–Crippen LogP) is 5.44. The highest BCUT2D eigenvalue weighted by Crippen LogP contribution is 2.68. The van der Waals surface area contributed by atoms with Crippen molar-refractivity contribution < 1.29 is 13.0 Å². The van der Waals surface area contributed by atoms with Crippen molar-refractivity contribution in [1.29, 1.82) is 0 Å². The van der Waals surface area contributed by atoms with E-state index < -0.39 is 10.1 Å². The van der Waals surface area contributed by atoms with E-state index in [1.807, 2.05) is 0 Å². The van der Waals surface area contributed by atoms with Crippen molar-refractivity contribution in [3.05, 3.63) is 0 Å². The minimum Gasteiger partial charge on any atom is -0.316 e. The van der Waals surface area contributed by atoms with Crippen molar-refractivity contribution in [2.75, 3.05) is 31.2 Å². The lowest BCUT2D eigenvalue weighted by Gasteiger charge is -2.60.